The smallest absolute Gasteiger partial charge is 0.306 e. The molecule has 0 aliphatic carbocycles. The van der Waals surface area contributed by atoms with E-state index in [4.69, 9.17) is 11.3 Å². The fourth-order valence-electron chi connectivity index (χ4n) is 1.47. The second-order valence-electron chi connectivity index (χ2n) is 5.05. The quantitative estimate of drug-likeness (QED) is 0.479. The third-order valence-corrected chi connectivity index (χ3v) is 2.90. The standard InChI is InChI=1S/C14H18N2O2S/c1-14(2,3)18-13(17)7-6-10-8-11(19-5)9-12(15-4)16-10/h8-9H,6-7H2,1-3,5H3. The highest BCUT2D eigenvalue weighted by atomic mass is 32.2. The van der Waals surface area contributed by atoms with Gasteiger partial charge < -0.3 is 9.58 Å². The number of hydrogen-bond acceptors (Lipinski definition) is 4. The van der Waals surface area contributed by atoms with Crippen molar-refractivity contribution >= 4 is 23.5 Å². The van der Waals surface area contributed by atoms with Crippen LogP contribution in [-0.4, -0.2) is 22.8 Å². The molecule has 0 radical (unpaired) electrons. The van der Waals surface area contributed by atoms with E-state index in [1.807, 2.05) is 33.1 Å². The third kappa shape index (κ3) is 5.75. The molecule has 1 aromatic rings. The van der Waals surface area contributed by atoms with E-state index in [1.54, 1.807) is 17.8 Å². The van der Waals surface area contributed by atoms with Crippen molar-refractivity contribution in [2.75, 3.05) is 6.26 Å². The molecule has 0 spiro atoms. The molecule has 0 aliphatic rings. The number of hydrogen-bond donors (Lipinski definition) is 0. The number of nitrogens with zero attached hydrogens (tertiary/aromatic N) is 2. The fraction of sp³-hybridized carbons (Fsp3) is 0.500. The van der Waals surface area contributed by atoms with Gasteiger partial charge in [-0.05, 0) is 39.2 Å². The first-order valence-corrected chi connectivity index (χ1v) is 7.21. The highest BCUT2D eigenvalue weighted by molar-refractivity contribution is 7.98. The minimum Gasteiger partial charge on any atom is -0.460 e. The monoisotopic (exact) mass is 278 g/mol. The van der Waals surface area contributed by atoms with Crippen molar-refractivity contribution in [1.82, 2.24) is 4.98 Å². The van der Waals surface area contributed by atoms with Gasteiger partial charge in [0, 0.05) is 11.3 Å². The first-order valence-electron chi connectivity index (χ1n) is 5.98. The summed E-state index contributed by atoms with van der Waals surface area (Å²) in [6.07, 6.45) is 2.71. The van der Waals surface area contributed by atoms with E-state index >= 15 is 0 Å². The second-order valence-corrected chi connectivity index (χ2v) is 5.93. The van der Waals surface area contributed by atoms with Gasteiger partial charge in [0.05, 0.1) is 6.42 Å². The van der Waals surface area contributed by atoms with Crippen LogP contribution in [0.15, 0.2) is 17.0 Å². The van der Waals surface area contributed by atoms with Crippen LogP contribution in [0.1, 0.15) is 32.9 Å². The Bertz CT molecular complexity index is 501. The van der Waals surface area contributed by atoms with Crippen molar-refractivity contribution in [2.24, 2.45) is 0 Å². The highest BCUT2D eigenvalue weighted by Crippen LogP contribution is 2.22. The highest BCUT2D eigenvalue weighted by Gasteiger charge is 2.17. The lowest BCUT2D eigenvalue weighted by Crippen LogP contribution is -2.24. The van der Waals surface area contributed by atoms with Gasteiger partial charge in [-0.1, -0.05) is 6.57 Å². The number of carbonyl (C=O) groups is 1. The molecule has 1 aromatic heterocycles. The van der Waals surface area contributed by atoms with E-state index < -0.39 is 5.60 Å². The molecule has 0 atom stereocenters. The zero-order valence-corrected chi connectivity index (χ0v) is 12.5. The van der Waals surface area contributed by atoms with E-state index in [1.165, 1.54) is 0 Å². The topological polar surface area (TPSA) is 43.5 Å². The number of ether oxygens (including phenoxy) is 1. The summed E-state index contributed by atoms with van der Waals surface area (Å²) in [5.74, 6) is 0.124. The molecule has 0 saturated heterocycles. The van der Waals surface area contributed by atoms with Crippen LogP contribution < -0.4 is 0 Å². The molecular weight excluding hydrogens is 260 g/mol. The number of pyridine rings is 1. The van der Waals surface area contributed by atoms with Crippen LogP contribution in [-0.2, 0) is 16.0 Å². The second kappa shape index (κ2) is 6.58. The Balaban J connectivity index is 2.68. The number of carbonyl (C=O) groups excluding carboxylic acids is 1. The Morgan fingerprint density at radius 3 is 2.68 bits per heavy atom. The molecule has 0 aliphatic heterocycles. The Hall–Kier alpha value is -1.54. The maximum Gasteiger partial charge on any atom is 0.306 e. The molecule has 1 rings (SSSR count). The molecule has 0 saturated carbocycles. The normalized spacial score (nSPS) is 10.9. The number of esters is 1. The number of aryl methyl sites for hydroxylation is 1. The van der Waals surface area contributed by atoms with E-state index in [0.717, 1.165) is 10.6 Å². The van der Waals surface area contributed by atoms with Gasteiger partial charge in [-0.15, -0.1) is 16.7 Å². The average molecular weight is 278 g/mol. The van der Waals surface area contributed by atoms with Crippen LogP contribution in [0.5, 0.6) is 0 Å². The van der Waals surface area contributed by atoms with E-state index in [9.17, 15) is 4.79 Å². The van der Waals surface area contributed by atoms with Gasteiger partial charge in [-0.25, -0.2) is 0 Å². The van der Waals surface area contributed by atoms with Gasteiger partial charge in [0.2, 0.25) is 0 Å². The van der Waals surface area contributed by atoms with Crippen molar-refractivity contribution in [3.05, 3.63) is 29.2 Å². The molecule has 0 bridgehead atoms. The van der Waals surface area contributed by atoms with Gasteiger partial charge in [-0.2, -0.15) is 0 Å². The average Bonchev–Trinajstić information content (AvgIpc) is 2.33. The first-order chi connectivity index (χ1) is 8.84. The van der Waals surface area contributed by atoms with Gasteiger partial charge in [-0.3, -0.25) is 4.79 Å². The lowest BCUT2D eigenvalue weighted by atomic mass is 10.2. The van der Waals surface area contributed by atoms with Crippen LogP contribution in [0, 0.1) is 6.57 Å². The van der Waals surface area contributed by atoms with E-state index in [2.05, 4.69) is 9.83 Å². The minimum absolute atomic E-state index is 0.242. The van der Waals surface area contributed by atoms with E-state index in [0.29, 0.717) is 12.2 Å². The Labute approximate surface area is 118 Å². The van der Waals surface area contributed by atoms with Crippen LogP contribution in [0.4, 0.5) is 5.82 Å². The zero-order valence-electron chi connectivity index (χ0n) is 11.7. The molecule has 0 N–H and O–H groups in total. The molecule has 0 unspecified atom stereocenters. The molecule has 0 aromatic carbocycles. The summed E-state index contributed by atoms with van der Waals surface area (Å²) >= 11 is 1.56. The molecule has 1 heterocycles. The van der Waals surface area contributed by atoms with Crippen molar-refractivity contribution in [3.63, 3.8) is 0 Å². The fourth-order valence-corrected chi connectivity index (χ4v) is 1.95. The van der Waals surface area contributed by atoms with Gasteiger partial charge >= 0.3 is 5.97 Å². The predicted molar refractivity (Wildman–Crippen MR) is 76.4 cm³/mol. The largest absolute Gasteiger partial charge is 0.460 e. The predicted octanol–water partition coefficient (Wildman–Crippen LogP) is 3.63. The third-order valence-electron chi connectivity index (χ3n) is 2.19. The molecule has 0 fully saturated rings. The van der Waals surface area contributed by atoms with Crippen LogP contribution in [0.25, 0.3) is 4.85 Å². The van der Waals surface area contributed by atoms with Gasteiger partial charge in [0.15, 0.2) is 0 Å². The summed E-state index contributed by atoms with van der Waals surface area (Å²) in [7, 11) is 0. The SMILES string of the molecule is [C-]#[N+]c1cc(SC)cc(CCC(=O)OC(C)(C)C)n1. The van der Waals surface area contributed by atoms with Crippen molar-refractivity contribution in [3.8, 4) is 0 Å². The molecule has 4 nitrogen and oxygen atoms in total. The summed E-state index contributed by atoms with van der Waals surface area (Å²) in [6.45, 7) is 12.5. The van der Waals surface area contributed by atoms with Crippen molar-refractivity contribution < 1.29 is 9.53 Å². The van der Waals surface area contributed by atoms with Crippen molar-refractivity contribution in [2.45, 2.75) is 44.1 Å². The molecular formula is C14H18N2O2S. The number of aromatic nitrogens is 1. The summed E-state index contributed by atoms with van der Waals surface area (Å²) in [5, 5.41) is 0. The van der Waals surface area contributed by atoms with Gasteiger partial charge in [0.25, 0.3) is 5.82 Å². The maximum atomic E-state index is 11.6. The number of rotatable bonds is 4. The Kier molecular flexibility index (Phi) is 5.37. The summed E-state index contributed by atoms with van der Waals surface area (Å²) in [5.41, 5.74) is 0.288. The lowest BCUT2D eigenvalue weighted by Gasteiger charge is -2.19. The van der Waals surface area contributed by atoms with E-state index in [-0.39, 0.29) is 12.4 Å². The lowest BCUT2D eigenvalue weighted by molar-refractivity contribution is -0.154. The molecule has 102 valence electrons. The number of thioether (sulfide) groups is 1. The van der Waals surface area contributed by atoms with Crippen LogP contribution >= 0.6 is 11.8 Å². The summed E-state index contributed by atoms with van der Waals surface area (Å²) in [4.78, 5) is 20.1. The van der Waals surface area contributed by atoms with Crippen LogP contribution in [0.3, 0.4) is 0 Å². The Morgan fingerprint density at radius 1 is 1.47 bits per heavy atom. The summed E-state index contributed by atoms with van der Waals surface area (Å²) < 4.78 is 5.24. The molecule has 0 amide bonds. The Morgan fingerprint density at radius 2 is 2.16 bits per heavy atom. The summed E-state index contributed by atoms with van der Waals surface area (Å²) in [6, 6.07) is 3.65. The van der Waals surface area contributed by atoms with Crippen molar-refractivity contribution in [1.29, 1.82) is 0 Å². The zero-order chi connectivity index (χ0) is 14.5. The van der Waals surface area contributed by atoms with Crippen LogP contribution in [0.2, 0.25) is 0 Å². The minimum atomic E-state index is -0.465. The first kappa shape index (κ1) is 15.5. The van der Waals surface area contributed by atoms with Gasteiger partial charge in [0.1, 0.15) is 11.3 Å². The molecule has 5 heteroatoms. The maximum absolute atomic E-state index is 11.6. The molecule has 19 heavy (non-hydrogen) atoms.